The monoisotopic (exact) mass is 595 g/mol. The van der Waals surface area contributed by atoms with Crippen LogP contribution in [0, 0.1) is 0 Å². The molecule has 3 aromatic rings. The van der Waals surface area contributed by atoms with E-state index in [4.69, 9.17) is 14.2 Å². The average molecular weight is 596 g/mol. The second-order valence-corrected chi connectivity index (χ2v) is 16.1. The number of rotatable bonds is 5. The third-order valence-electron chi connectivity index (χ3n) is 8.84. The lowest BCUT2D eigenvalue weighted by atomic mass is 9.78. The molecule has 3 aliphatic rings. The Hall–Kier alpha value is -3.32. The van der Waals surface area contributed by atoms with E-state index in [1.165, 1.54) is 0 Å². The summed E-state index contributed by atoms with van der Waals surface area (Å²) in [7, 11) is 1.13. The molecule has 6 atom stereocenters. The zero-order valence-corrected chi connectivity index (χ0v) is 24.7. The van der Waals surface area contributed by atoms with E-state index in [9.17, 15) is 25.2 Å². The van der Waals surface area contributed by atoms with Gasteiger partial charge in [-0.1, -0.05) is 43.4 Å². The predicted molar refractivity (Wildman–Crippen MR) is 155 cm³/mol. The van der Waals surface area contributed by atoms with Crippen molar-refractivity contribution in [3.63, 3.8) is 0 Å². The van der Waals surface area contributed by atoms with E-state index in [1.807, 2.05) is 43.3 Å². The fourth-order valence-electron chi connectivity index (χ4n) is 6.70. The highest BCUT2D eigenvalue weighted by atomic mass is 28.3. The maximum Gasteiger partial charge on any atom is 0.340 e. The largest absolute Gasteiger partial charge is 0.462 e. The number of aliphatic hydroxyl groups excluding tert-OH is 4. The Balaban J connectivity index is 1.58. The fraction of sp³-hybridized carbons (Fsp3) is 0.387. The maximum absolute atomic E-state index is 15.3. The van der Waals surface area contributed by atoms with Crippen LogP contribution in [0.3, 0.4) is 0 Å². The first-order chi connectivity index (χ1) is 20.0. The number of aliphatic hydroxyl groups is 4. The summed E-state index contributed by atoms with van der Waals surface area (Å²) in [6, 6.07) is 16.6. The second-order valence-electron chi connectivity index (χ2n) is 11.8. The van der Waals surface area contributed by atoms with Gasteiger partial charge in [-0.15, -0.1) is 0 Å². The van der Waals surface area contributed by atoms with Gasteiger partial charge in [0.15, 0.2) is 5.60 Å². The second kappa shape index (κ2) is 10.1. The molecule has 42 heavy (non-hydrogen) atoms. The first kappa shape index (κ1) is 28.8. The molecule has 0 radical (unpaired) electrons. The molecule has 0 amide bonds. The molecule has 1 fully saturated rings. The summed E-state index contributed by atoms with van der Waals surface area (Å²) in [5.74, 6) is -0.384. The van der Waals surface area contributed by atoms with Gasteiger partial charge in [0, 0.05) is 42.0 Å². The Labute approximate surface area is 243 Å². The lowest BCUT2D eigenvalue weighted by Gasteiger charge is -2.45. The summed E-state index contributed by atoms with van der Waals surface area (Å²) in [6.45, 7) is 2.66. The van der Waals surface area contributed by atoms with Crippen LogP contribution in [0.25, 0.3) is 0 Å². The van der Waals surface area contributed by atoms with Crippen molar-refractivity contribution >= 4 is 30.1 Å². The van der Waals surface area contributed by atoms with Crippen LogP contribution in [0.5, 0.6) is 5.75 Å². The summed E-state index contributed by atoms with van der Waals surface area (Å²) in [6.07, 6.45) is -7.52. The number of hydrogen-bond acceptors (Lipinski definition) is 9. The summed E-state index contributed by atoms with van der Waals surface area (Å²) in [5.41, 5.74) is 2.46. The van der Waals surface area contributed by atoms with Gasteiger partial charge in [0.25, 0.3) is 0 Å². The topological polar surface area (TPSA) is 129 Å². The SMILES string of the molecule is CN(C)c1ccc2c(c1)[Si](C)(C)c1c(ccc(O[C@@H]3O[C@H](CO)[C@H](O)[C@H](O)[C@H]3O)c1CF)C21OC(=O)c2ccccc21. The lowest BCUT2D eigenvalue weighted by molar-refractivity contribution is -0.277. The zero-order chi connectivity index (χ0) is 30.1. The molecule has 0 saturated carbocycles. The van der Waals surface area contributed by atoms with Crippen LogP contribution in [0.1, 0.15) is 32.6 Å². The number of benzene rings is 3. The molecule has 6 rings (SSSR count). The molecular formula is C31H34FNO8Si. The van der Waals surface area contributed by atoms with Crippen LogP contribution in [0.4, 0.5) is 10.1 Å². The Bertz CT molecular complexity index is 1560. The number of nitrogens with zero attached hydrogens (tertiary/aromatic N) is 1. The van der Waals surface area contributed by atoms with Crippen LogP contribution in [-0.4, -0.2) is 85.9 Å². The highest BCUT2D eigenvalue weighted by molar-refractivity contribution is 7.01. The Morgan fingerprint density at radius 3 is 2.38 bits per heavy atom. The number of halogens is 1. The Kier molecular flexibility index (Phi) is 6.95. The quantitative estimate of drug-likeness (QED) is 0.252. The van der Waals surface area contributed by atoms with Crippen molar-refractivity contribution in [3.8, 4) is 5.75 Å². The number of alkyl halides is 1. The minimum Gasteiger partial charge on any atom is -0.462 e. The predicted octanol–water partition coefficient (Wildman–Crippen LogP) is 0.999. The molecule has 3 aliphatic heterocycles. The third kappa shape index (κ3) is 3.95. The highest BCUT2D eigenvalue weighted by Crippen LogP contribution is 2.50. The van der Waals surface area contributed by atoms with Crippen molar-refractivity contribution in [2.45, 2.75) is 56.1 Å². The number of fused-ring (bicyclic) bond motifs is 6. The molecule has 3 heterocycles. The minimum atomic E-state index is -2.74. The van der Waals surface area contributed by atoms with E-state index in [2.05, 4.69) is 19.2 Å². The number of esters is 1. The number of anilines is 1. The van der Waals surface area contributed by atoms with Crippen molar-refractivity contribution in [1.29, 1.82) is 0 Å². The van der Waals surface area contributed by atoms with Crippen molar-refractivity contribution in [2.24, 2.45) is 0 Å². The summed E-state index contributed by atoms with van der Waals surface area (Å²) in [5, 5.41) is 42.4. The van der Waals surface area contributed by atoms with Gasteiger partial charge < -0.3 is 39.5 Å². The number of ether oxygens (including phenoxy) is 3. The average Bonchev–Trinajstić information content (AvgIpc) is 3.28. The van der Waals surface area contributed by atoms with Gasteiger partial charge in [-0.25, -0.2) is 9.18 Å². The Morgan fingerprint density at radius 1 is 0.976 bits per heavy atom. The molecule has 222 valence electrons. The Morgan fingerprint density at radius 2 is 1.69 bits per heavy atom. The lowest BCUT2D eigenvalue weighted by Crippen LogP contribution is -2.64. The zero-order valence-electron chi connectivity index (χ0n) is 23.7. The van der Waals surface area contributed by atoms with E-state index in [1.54, 1.807) is 24.3 Å². The van der Waals surface area contributed by atoms with E-state index in [0.29, 0.717) is 21.9 Å². The first-order valence-corrected chi connectivity index (χ1v) is 16.8. The van der Waals surface area contributed by atoms with Crippen molar-refractivity contribution in [3.05, 3.63) is 82.4 Å². The van der Waals surface area contributed by atoms with Crippen LogP contribution in [0.15, 0.2) is 54.6 Å². The highest BCUT2D eigenvalue weighted by Gasteiger charge is 2.57. The van der Waals surface area contributed by atoms with Gasteiger partial charge in [0.1, 0.15) is 44.9 Å². The van der Waals surface area contributed by atoms with Gasteiger partial charge in [0.2, 0.25) is 6.29 Å². The summed E-state index contributed by atoms with van der Waals surface area (Å²) < 4.78 is 33.2. The minimum absolute atomic E-state index is 0.0844. The number of carbonyl (C=O) groups is 1. The van der Waals surface area contributed by atoms with E-state index in [-0.39, 0.29) is 11.3 Å². The van der Waals surface area contributed by atoms with Crippen LogP contribution in [-0.2, 0) is 21.7 Å². The van der Waals surface area contributed by atoms with Gasteiger partial charge >= 0.3 is 5.97 Å². The van der Waals surface area contributed by atoms with Crippen molar-refractivity contribution < 1.29 is 43.8 Å². The van der Waals surface area contributed by atoms with Crippen LogP contribution < -0.4 is 20.0 Å². The molecule has 11 heteroatoms. The molecule has 1 spiro atoms. The normalized spacial score (nSPS) is 29.0. The van der Waals surface area contributed by atoms with E-state index in [0.717, 1.165) is 16.4 Å². The molecule has 0 aliphatic carbocycles. The maximum atomic E-state index is 15.3. The van der Waals surface area contributed by atoms with Gasteiger partial charge in [-0.05, 0) is 34.6 Å². The fourth-order valence-corrected chi connectivity index (χ4v) is 10.3. The summed E-state index contributed by atoms with van der Waals surface area (Å²) in [4.78, 5) is 15.3. The van der Waals surface area contributed by atoms with Gasteiger partial charge in [0.05, 0.1) is 12.2 Å². The number of carbonyl (C=O) groups excluding carboxylic acids is 1. The van der Waals surface area contributed by atoms with Crippen LogP contribution >= 0.6 is 0 Å². The molecule has 1 saturated heterocycles. The smallest absolute Gasteiger partial charge is 0.340 e. The third-order valence-corrected chi connectivity index (χ3v) is 12.4. The number of hydrogen-bond donors (Lipinski definition) is 4. The standard InChI is InChI=1S/C31H34FNO8Si/c1-33(2)16-9-10-20-24(13-16)42(3,4)28-18(14-32)22(39-30-27(37)26(36)25(35)23(15-34)40-30)12-11-21(28)31(20)19-8-6-5-7-17(19)29(38)41-31/h5-13,23,25-27,30,34-37H,14-15H2,1-4H3/t23-,25+,26+,27-,30-,31?/m1/s1. The van der Waals surface area contributed by atoms with Crippen molar-refractivity contribution in [1.82, 2.24) is 0 Å². The van der Waals surface area contributed by atoms with Gasteiger partial charge in [-0.2, -0.15) is 0 Å². The van der Waals surface area contributed by atoms with E-state index >= 15 is 4.39 Å². The molecule has 0 bridgehead atoms. The van der Waals surface area contributed by atoms with Crippen LogP contribution in [0.2, 0.25) is 13.1 Å². The molecule has 3 aromatic carbocycles. The van der Waals surface area contributed by atoms with E-state index < -0.39 is 63.6 Å². The van der Waals surface area contributed by atoms with Crippen molar-refractivity contribution in [2.75, 3.05) is 25.6 Å². The molecule has 1 unspecified atom stereocenters. The first-order valence-electron chi connectivity index (χ1n) is 13.8. The molecule has 9 nitrogen and oxygen atoms in total. The molecular weight excluding hydrogens is 561 g/mol. The summed E-state index contributed by atoms with van der Waals surface area (Å²) >= 11 is 0. The molecule has 0 aromatic heterocycles. The molecule has 4 N–H and O–H groups in total. The van der Waals surface area contributed by atoms with Gasteiger partial charge in [-0.3, -0.25) is 0 Å².